The maximum absolute atomic E-state index is 12.6. The third kappa shape index (κ3) is 3.68. The van der Waals surface area contributed by atoms with Gasteiger partial charge in [-0.15, -0.1) is 11.3 Å². The number of hydrogen-bond donors (Lipinski definition) is 1. The molecule has 1 aliphatic heterocycles. The van der Waals surface area contributed by atoms with E-state index in [2.05, 4.69) is 22.3 Å². The molecule has 0 aromatic carbocycles. The molecule has 148 valence electrons. The number of thiophene rings is 1. The number of rotatable bonds is 6. The highest BCUT2D eigenvalue weighted by Crippen LogP contribution is 2.31. The minimum atomic E-state index is -0.0732. The van der Waals surface area contributed by atoms with Gasteiger partial charge in [-0.1, -0.05) is 6.92 Å². The van der Waals surface area contributed by atoms with E-state index >= 15 is 0 Å². The average molecular weight is 407 g/mol. The summed E-state index contributed by atoms with van der Waals surface area (Å²) in [7, 11) is 0. The number of hydrogen-bond acceptors (Lipinski definition) is 5. The van der Waals surface area contributed by atoms with Gasteiger partial charge in [0.15, 0.2) is 0 Å². The Labute approximate surface area is 172 Å². The Kier molecular flexibility index (Phi) is 4.44. The average Bonchev–Trinajstić information content (AvgIpc) is 3.44. The third-order valence-corrected chi connectivity index (χ3v) is 6.24. The second-order valence-corrected chi connectivity index (χ2v) is 8.89. The largest absolute Gasteiger partial charge is 0.380 e. The summed E-state index contributed by atoms with van der Waals surface area (Å²) < 4.78 is 9.22. The molecule has 1 N–H and O–H groups in total. The quantitative estimate of drug-likeness (QED) is 0.533. The Bertz CT molecular complexity index is 1170. The molecule has 1 amide bonds. The van der Waals surface area contributed by atoms with E-state index in [0.29, 0.717) is 11.4 Å². The molecule has 1 saturated heterocycles. The van der Waals surface area contributed by atoms with Gasteiger partial charge in [-0.3, -0.25) is 9.48 Å². The van der Waals surface area contributed by atoms with Crippen LogP contribution in [-0.4, -0.2) is 38.3 Å². The molecule has 4 aromatic rings. The second kappa shape index (κ2) is 7.13. The molecule has 0 saturated carbocycles. The van der Waals surface area contributed by atoms with Crippen molar-refractivity contribution in [3.05, 3.63) is 65.7 Å². The Morgan fingerprint density at radius 3 is 3.03 bits per heavy atom. The number of carbonyl (C=O) groups is 1. The lowest BCUT2D eigenvalue weighted by atomic mass is 9.89. The number of pyridine rings is 1. The van der Waals surface area contributed by atoms with Crippen LogP contribution in [0.25, 0.3) is 16.1 Å². The zero-order valence-electron chi connectivity index (χ0n) is 16.0. The molecule has 4 aromatic heterocycles. The number of carbonyl (C=O) groups excluding carboxylic acids is 1. The summed E-state index contributed by atoms with van der Waals surface area (Å²) in [5, 5.41) is 7.46. The van der Waals surface area contributed by atoms with E-state index in [-0.39, 0.29) is 11.3 Å². The molecule has 0 bridgehead atoms. The van der Waals surface area contributed by atoms with Gasteiger partial charge in [0, 0.05) is 47.2 Å². The van der Waals surface area contributed by atoms with Crippen molar-refractivity contribution in [1.29, 1.82) is 0 Å². The number of amides is 1. The van der Waals surface area contributed by atoms with E-state index in [0.717, 1.165) is 41.4 Å². The Morgan fingerprint density at radius 1 is 1.31 bits per heavy atom. The summed E-state index contributed by atoms with van der Waals surface area (Å²) in [5.41, 5.74) is 3.09. The molecule has 5 heterocycles. The van der Waals surface area contributed by atoms with E-state index in [1.54, 1.807) is 6.20 Å². The molecule has 29 heavy (non-hydrogen) atoms. The van der Waals surface area contributed by atoms with E-state index in [1.807, 2.05) is 58.1 Å². The highest BCUT2D eigenvalue weighted by atomic mass is 32.1. The van der Waals surface area contributed by atoms with Crippen LogP contribution in [0.2, 0.25) is 0 Å². The molecule has 5 rings (SSSR count). The van der Waals surface area contributed by atoms with Gasteiger partial charge in [-0.2, -0.15) is 5.10 Å². The van der Waals surface area contributed by atoms with Gasteiger partial charge >= 0.3 is 0 Å². The first-order valence-electron chi connectivity index (χ1n) is 9.48. The molecule has 0 atom stereocenters. The lowest BCUT2D eigenvalue weighted by Gasteiger charge is -2.37. The monoisotopic (exact) mass is 407 g/mol. The zero-order chi connectivity index (χ0) is 19.8. The molecule has 1 fully saturated rings. The molecular weight excluding hydrogens is 386 g/mol. The van der Waals surface area contributed by atoms with Crippen molar-refractivity contribution in [2.45, 2.75) is 20.0 Å². The van der Waals surface area contributed by atoms with Gasteiger partial charge < -0.3 is 14.5 Å². The number of ether oxygens (including phenoxy) is 1. The van der Waals surface area contributed by atoms with Gasteiger partial charge in [-0.25, -0.2) is 4.98 Å². The van der Waals surface area contributed by atoms with Crippen molar-refractivity contribution in [2.24, 2.45) is 5.41 Å². The highest BCUT2D eigenvalue weighted by Gasteiger charge is 2.34. The minimum Gasteiger partial charge on any atom is -0.380 e. The zero-order valence-corrected chi connectivity index (χ0v) is 16.9. The van der Waals surface area contributed by atoms with Crippen LogP contribution in [-0.2, 0) is 17.8 Å². The molecule has 0 unspecified atom stereocenters. The van der Waals surface area contributed by atoms with Crippen molar-refractivity contribution >= 4 is 22.9 Å². The molecule has 0 aliphatic carbocycles. The summed E-state index contributed by atoms with van der Waals surface area (Å²) in [6, 6.07) is 7.80. The molecule has 8 heteroatoms. The van der Waals surface area contributed by atoms with E-state index in [9.17, 15) is 4.79 Å². The van der Waals surface area contributed by atoms with Crippen molar-refractivity contribution < 1.29 is 9.53 Å². The maximum Gasteiger partial charge on any atom is 0.261 e. The van der Waals surface area contributed by atoms with Gasteiger partial charge in [-0.05, 0) is 29.8 Å². The first-order chi connectivity index (χ1) is 14.1. The number of aromatic nitrogens is 4. The fraction of sp³-hybridized carbons (Fsp3) is 0.286. The fourth-order valence-corrected chi connectivity index (χ4v) is 4.35. The number of nitrogens with zero attached hydrogens (tertiary/aromatic N) is 4. The van der Waals surface area contributed by atoms with E-state index in [4.69, 9.17) is 4.74 Å². The van der Waals surface area contributed by atoms with Gasteiger partial charge in [0.1, 0.15) is 5.65 Å². The molecular formula is C21H21N5O2S. The lowest BCUT2D eigenvalue weighted by molar-refractivity contribution is -0.111. The predicted octanol–water partition coefficient (Wildman–Crippen LogP) is 3.23. The van der Waals surface area contributed by atoms with Crippen LogP contribution in [0.4, 0.5) is 0 Å². The predicted molar refractivity (Wildman–Crippen MR) is 111 cm³/mol. The van der Waals surface area contributed by atoms with Crippen molar-refractivity contribution in [3.8, 4) is 10.4 Å². The fourth-order valence-electron chi connectivity index (χ4n) is 3.46. The van der Waals surface area contributed by atoms with Gasteiger partial charge in [0.2, 0.25) is 0 Å². The van der Waals surface area contributed by atoms with E-state index < -0.39 is 0 Å². The Hall–Kier alpha value is -2.97. The standard InChI is InChI=1S/C21H21N5O2S/c1-21(13-28-14-21)12-26-11-16(10-24-26)17-2-3-18(29-17)20(27)23-9-15-4-6-25-7-5-22-19(25)8-15/h2-8,10-11H,9,12-14H2,1H3,(H,23,27). The van der Waals surface area contributed by atoms with Crippen molar-refractivity contribution in [1.82, 2.24) is 24.5 Å². The molecule has 1 aliphatic rings. The molecule has 0 radical (unpaired) electrons. The third-order valence-electron chi connectivity index (χ3n) is 5.11. The summed E-state index contributed by atoms with van der Waals surface area (Å²) in [5.74, 6) is -0.0732. The molecule has 7 nitrogen and oxygen atoms in total. The minimum absolute atomic E-state index is 0.0732. The summed E-state index contributed by atoms with van der Waals surface area (Å²) in [6.45, 7) is 5.06. The SMILES string of the molecule is CC1(Cn2cc(-c3ccc(C(=O)NCc4ccn5ccnc5c4)s3)cn2)COC1. The number of fused-ring (bicyclic) bond motifs is 1. The maximum atomic E-state index is 12.6. The van der Waals surface area contributed by atoms with E-state index in [1.165, 1.54) is 11.3 Å². The van der Waals surface area contributed by atoms with Crippen LogP contribution < -0.4 is 5.32 Å². The van der Waals surface area contributed by atoms with Crippen LogP contribution in [0.15, 0.2) is 55.2 Å². The molecule has 0 spiro atoms. The summed E-state index contributed by atoms with van der Waals surface area (Å²) in [4.78, 5) is 18.6. The first kappa shape index (κ1) is 18.1. The van der Waals surface area contributed by atoms with Gasteiger partial charge in [0.05, 0.1) is 30.8 Å². The summed E-state index contributed by atoms with van der Waals surface area (Å²) >= 11 is 1.48. The lowest BCUT2D eigenvalue weighted by Crippen LogP contribution is -2.43. The summed E-state index contributed by atoms with van der Waals surface area (Å²) in [6.07, 6.45) is 9.49. The Morgan fingerprint density at radius 2 is 2.21 bits per heavy atom. The second-order valence-electron chi connectivity index (χ2n) is 7.80. The van der Waals surface area contributed by atoms with Crippen molar-refractivity contribution in [2.75, 3.05) is 13.2 Å². The van der Waals surface area contributed by atoms with Crippen LogP contribution in [0.5, 0.6) is 0 Å². The van der Waals surface area contributed by atoms with Crippen molar-refractivity contribution in [3.63, 3.8) is 0 Å². The van der Waals surface area contributed by atoms with Gasteiger partial charge in [0.25, 0.3) is 5.91 Å². The number of imidazole rings is 1. The van der Waals surface area contributed by atoms with Crippen LogP contribution in [0.3, 0.4) is 0 Å². The Balaban J connectivity index is 1.23. The normalized spacial score (nSPS) is 15.3. The first-order valence-corrected chi connectivity index (χ1v) is 10.3. The number of nitrogens with one attached hydrogen (secondary N) is 1. The van der Waals surface area contributed by atoms with Crippen LogP contribution in [0.1, 0.15) is 22.2 Å². The highest BCUT2D eigenvalue weighted by molar-refractivity contribution is 7.17. The topological polar surface area (TPSA) is 73.5 Å². The van der Waals surface area contributed by atoms with Crippen LogP contribution >= 0.6 is 11.3 Å². The van der Waals surface area contributed by atoms with Crippen LogP contribution in [0, 0.1) is 5.41 Å². The smallest absolute Gasteiger partial charge is 0.261 e.